The number of aromatic nitrogens is 1. The predicted octanol–water partition coefficient (Wildman–Crippen LogP) is 11.2. The zero-order chi connectivity index (χ0) is 33.0. The number of hydrogen-bond acceptors (Lipinski definition) is 4. The molecular formula is C45H32N4S. The third-order valence-electron chi connectivity index (χ3n) is 9.88. The summed E-state index contributed by atoms with van der Waals surface area (Å²) in [4.78, 5) is 5.36. The summed E-state index contributed by atoms with van der Waals surface area (Å²) in [5.41, 5.74) is 9.27. The number of aliphatic imine (C=N–C) groups is 1. The molecule has 1 aliphatic heterocycles. The molecule has 0 saturated carbocycles. The second-order valence-corrected chi connectivity index (χ2v) is 13.9. The van der Waals surface area contributed by atoms with Crippen molar-refractivity contribution >= 4 is 59.2 Å². The second kappa shape index (κ2) is 11.8. The SMILES string of the molecule is c1ccc(-c2cccc(C3N=C(c4ccc5c6ccccc6n(-c6cccc7c6sc6ccccc67)c5c4)NC(c4ccccc4)N3)c2)cc1. The van der Waals surface area contributed by atoms with E-state index >= 15 is 0 Å². The van der Waals surface area contributed by atoms with E-state index in [-0.39, 0.29) is 12.3 Å². The summed E-state index contributed by atoms with van der Waals surface area (Å²) in [7, 11) is 0. The Kier molecular flexibility index (Phi) is 6.86. The van der Waals surface area contributed by atoms with Crippen LogP contribution in [0.2, 0.25) is 0 Å². The van der Waals surface area contributed by atoms with Gasteiger partial charge in [-0.15, -0.1) is 11.3 Å². The van der Waals surface area contributed by atoms with Crippen LogP contribution in [0.1, 0.15) is 29.0 Å². The molecule has 7 aromatic carbocycles. The largest absolute Gasteiger partial charge is 0.350 e. The number of nitrogens with zero attached hydrogens (tertiary/aromatic N) is 2. The molecule has 2 atom stereocenters. The van der Waals surface area contributed by atoms with Crippen molar-refractivity contribution in [1.82, 2.24) is 15.2 Å². The van der Waals surface area contributed by atoms with Crippen LogP contribution in [-0.4, -0.2) is 10.4 Å². The average molecular weight is 661 g/mol. The third kappa shape index (κ3) is 4.82. The van der Waals surface area contributed by atoms with Gasteiger partial charge in [-0.1, -0.05) is 140 Å². The van der Waals surface area contributed by atoms with Gasteiger partial charge in [0.2, 0.25) is 0 Å². The first-order valence-electron chi connectivity index (χ1n) is 17.0. The molecule has 2 aromatic heterocycles. The van der Waals surface area contributed by atoms with E-state index in [4.69, 9.17) is 4.99 Å². The van der Waals surface area contributed by atoms with E-state index in [0.717, 1.165) is 28.0 Å². The number of amidine groups is 1. The Hall–Kier alpha value is -6.01. The second-order valence-electron chi connectivity index (χ2n) is 12.9. The zero-order valence-corrected chi connectivity index (χ0v) is 27.9. The molecule has 0 bridgehead atoms. The van der Waals surface area contributed by atoms with Crippen molar-refractivity contribution in [2.24, 2.45) is 4.99 Å². The first-order valence-corrected chi connectivity index (χ1v) is 17.9. The Morgan fingerprint density at radius 2 is 1.18 bits per heavy atom. The number of thiophene rings is 1. The fourth-order valence-electron chi connectivity index (χ4n) is 7.50. The van der Waals surface area contributed by atoms with E-state index in [9.17, 15) is 0 Å². The number of fused-ring (bicyclic) bond motifs is 6. The first kappa shape index (κ1) is 29.0. The van der Waals surface area contributed by atoms with E-state index in [1.54, 1.807) is 0 Å². The highest BCUT2D eigenvalue weighted by Crippen LogP contribution is 2.41. The maximum atomic E-state index is 5.36. The fraction of sp³-hybridized carbons (Fsp3) is 0.0444. The molecule has 2 N–H and O–H groups in total. The molecule has 5 heteroatoms. The molecule has 9 aromatic rings. The van der Waals surface area contributed by atoms with Crippen molar-refractivity contribution < 1.29 is 0 Å². The van der Waals surface area contributed by atoms with Crippen LogP contribution < -0.4 is 10.6 Å². The highest BCUT2D eigenvalue weighted by Gasteiger charge is 2.26. The van der Waals surface area contributed by atoms with Crippen molar-refractivity contribution in [2.75, 3.05) is 0 Å². The predicted molar refractivity (Wildman–Crippen MR) is 210 cm³/mol. The van der Waals surface area contributed by atoms with Crippen LogP contribution >= 0.6 is 11.3 Å². The molecule has 0 amide bonds. The fourth-order valence-corrected chi connectivity index (χ4v) is 8.70. The highest BCUT2D eigenvalue weighted by atomic mass is 32.1. The molecule has 4 nitrogen and oxygen atoms in total. The number of benzene rings is 7. The lowest BCUT2D eigenvalue weighted by Crippen LogP contribution is -2.44. The van der Waals surface area contributed by atoms with Gasteiger partial charge in [0.1, 0.15) is 18.2 Å². The van der Waals surface area contributed by atoms with Crippen molar-refractivity contribution in [3.63, 3.8) is 0 Å². The van der Waals surface area contributed by atoms with Gasteiger partial charge in [-0.2, -0.15) is 0 Å². The van der Waals surface area contributed by atoms with E-state index < -0.39 is 0 Å². The quantitative estimate of drug-likeness (QED) is 0.193. The molecule has 3 heterocycles. The number of para-hydroxylation sites is 1. The molecule has 238 valence electrons. The first-order chi connectivity index (χ1) is 24.8. The summed E-state index contributed by atoms with van der Waals surface area (Å²) in [5, 5.41) is 12.6. The highest BCUT2D eigenvalue weighted by molar-refractivity contribution is 7.26. The van der Waals surface area contributed by atoms with Crippen molar-refractivity contribution in [3.05, 3.63) is 187 Å². The van der Waals surface area contributed by atoms with E-state index in [0.29, 0.717) is 0 Å². The molecule has 2 unspecified atom stereocenters. The van der Waals surface area contributed by atoms with Gasteiger partial charge in [-0.25, -0.2) is 4.99 Å². The summed E-state index contributed by atoms with van der Waals surface area (Å²) < 4.78 is 5.05. The molecule has 0 saturated heterocycles. The lowest BCUT2D eigenvalue weighted by molar-refractivity contribution is 0.409. The van der Waals surface area contributed by atoms with E-state index in [2.05, 4.69) is 185 Å². The van der Waals surface area contributed by atoms with Crippen LogP contribution in [0.15, 0.2) is 175 Å². The van der Waals surface area contributed by atoms with Gasteiger partial charge >= 0.3 is 0 Å². The lowest BCUT2D eigenvalue weighted by atomic mass is 10.0. The van der Waals surface area contributed by atoms with E-state index in [1.165, 1.54) is 53.3 Å². The minimum atomic E-state index is -0.242. The van der Waals surface area contributed by atoms with Crippen LogP contribution in [-0.2, 0) is 0 Å². The maximum Gasteiger partial charge on any atom is 0.131 e. The standard InChI is InChI=1S/C45H32N4S/c1-3-13-29(14-4-1)31-17-11-18-32(27-31)44-46-43(30-15-5-2-6-16-30)47-45(48-44)33-25-26-35-34-19-7-9-22-38(34)49(40(35)28-33)39-23-12-21-37-36-20-8-10-24-41(36)50-42(37)39/h1-28,43-44,46H,(H,47,48). The summed E-state index contributed by atoms with van der Waals surface area (Å²) >= 11 is 1.87. The Morgan fingerprint density at radius 1 is 0.500 bits per heavy atom. The Bertz CT molecular complexity index is 2720. The summed E-state index contributed by atoms with van der Waals surface area (Å²) in [6.45, 7) is 0. The normalized spacial score (nSPS) is 16.2. The monoisotopic (exact) mass is 660 g/mol. The van der Waals surface area contributed by atoms with Crippen LogP contribution in [0.25, 0.3) is 58.8 Å². The number of rotatable bonds is 5. The van der Waals surface area contributed by atoms with Crippen LogP contribution in [0.3, 0.4) is 0 Å². The molecule has 0 radical (unpaired) electrons. The van der Waals surface area contributed by atoms with Gasteiger partial charge in [0.15, 0.2) is 0 Å². The van der Waals surface area contributed by atoms with Crippen LogP contribution in [0.5, 0.6) is 0 Å². The molecule has 50 heavy (non-hydrogen) atoms. The summed E-state index contributed by atoms with van der Waals surface area (Å²) in [5.74, 6) is 0.867. The molecule has 0 aliphatic carbocycles. The van der Waals surface area contributed by atoms with Gasteiger partial charge in [-0.3, -0.25) is 5.32 Å². The lowest BCUT2D eigenvalue weighted by Gasteiger charge is -2.32. The molecule has 0 spiro atoms. The van der Waals surface area contributed by atoms with Crippen molar-refractivity contribution in [3.8, 4) is 16.8 Å². The van der Waals surface area contributed by atoms with Gasteiger partial charge in [-0.05, 0) is 52.6 Å². The van der Waals surface area contributed by atoms with E-state index in [1.807, 2.05) is 11.3 Å². The van der Waals surface area contributed by atoms with Crippen LogP contribution in [0, 0.1) is 0 Å². The Labute approximate surface area is 294 Å². The molecule has 1 aliphatic rings. The average Bonchev–Trinajstić information content (AvgIpc) is 3.74. The third-order valence-corrected chi connectivity index (χ3v) is 11.1. The summed E-state index contributed by atoms with van der Waals surface area (Å²) in [6.07, 6.45) is -0.364. The number of hydrogen-bond donors (Lipinski definition) is 2. The van der Waals surface area contributed by atoms with Gasteiger partial charge in [0, 0.05) is 31.8 Å². The van der Waals surface area contributed by atoms with Gasteiger partial charge in [0.25, 0.3) is 0 Å². The van der Waals surface area contributed by atoms with Crippen molar-refractivity contribution in [2.45, 2.75) is 12.3 Å². The Balaban J connectivity index is 1.15. The molecular weight excluding hydrogens is 629 g/mol. The van der Waals surface area contributed by atoms with Gasteiger partial charge in [0.05, 0.1) is 21.4 Å². The Morgan fingerprint density at radius 3 is 2.06 bits per heavy atom. The minimum Gasteiger partial charge on any atom is -0.350 e. The topological polar surface area (TPSA) is 41.4 Å². The van der Waals surface area contributed by atoms with Crippen molar-refractivity contribution in [1.29, 1.82) is 0 Å². The zero-order valence-electron chi connectivity index (χ0n) is 27.1. The van der Waals surface area contributed by atoms with Gasteiger partial charge < -0.3 is 9.88 Å². The minimum absolute atomic E-state index is 0.122. The smallest absolute Gasteiger partial charge is 0.131 e. The summed E-state index contributed by atoms with van der Waals surface area (Å²) in [6, 6.07) is 60.8. The molecule has 10 rings (SSSR count). The van der Waals surface area contributed by atoms with Crippen LogP contribution in [0.4, 0.5) is 0 Å². The number of nitrogens with one attached hydrogen (secondary N) is 2. The maximum absolute atomic E-state index is 5.36. The molecule has 0 fully saturated rings.